The van der Waals surface area contributed by atoms with Crippen LogP contribution in [0, 0.1) is 5.92 Å². The van der Waals surface area contributed by atoms with Crippen LogP contribution in [0.3, 0.4) is 0 Å². The summed E-state index contributed by atoms with van der Waals surface area (Å²) in [6, 6.07) is -0.866. The first kappa shape index (κ1) is 26.8. The van der Waals surface area contributed by atoms with Crippen LogP contribution in [0.15, 0.2) is 0 Å². The van der Waals surface area contributed by atoms with Gasteiger partial charge in [-0.15, -0.1) is 11.8 Å². The van der Waals surface area contributed by atoms with Gasteiger partial charge in [-0.3, -0.25) is 14.6 Å². The van der Waals surface area contributed by atoms with E-state index in [4.69, 9.17) is 4.74 Å². The van der Waals surface area contributed by atoms with Crippen molar-refractivity contribution in [2.45, 2.75) is 94.9 Å². The number of amides is 1. The van der Waals surface area contributed by atoms with E-state index < -0.39 is 35.9 Å². The summed E-state index contributed by atoms with van der Waals surface area (Å²) in [6.45, 7) is 10.8. The number of aliphatic hydroxyl groups excluding tert-OH is 3. The van der Waals surface area contributed by atoms with Gasteiger partial charge in [0.15, 0.2) is 0 Å². The van der Waals surface area contributed by atoms with Crippen LogP contribution in [0.4, 0.5) is 0 Å². The smallest absolute Gasteiger partial charge is 0.237 e. The number of carbonyl (C=O) groups excluding carboxylic acids is 1. The molecule has 0 aromatic carbocycles. The Morgan fingerprint density at radius 1 is 1.19 bits per heavy atom. The second-order valence-electron chi connectivity index (χ2n) is 9.02. The summed E-state index contributed by atoms with van der Waals surface area (Å²) in [5, 5.41) is 34.7. The van der Waals surface area contributed by atoms with E-state index in [9.17, 15) is 20.1 Å². The number of hydrogen-bond donors (Lipinski definition) is 4. The maximum atomic E-state index is 13.3. The molecule has 8 nitrogen and oxygen atoms in total. The van der Waals surface area contributed by atoms with E-state index in [0.29, 0.717) is 5.92 Å². The Bertz CT molecular complexity index is 565. The van der Waals surface area contributed by atoms with Crippen LogP contribution in [0.1, 0.15) is 47.0 Å². The van der Waals surface area contributed by atoms with Gasteiger partial charge in [-0.25, -0.2) is 0 Å². The van der Waals surface area contributed by atoms with Gasteiger partial charge in [0, 0.05) is 12.6 Å². The molecular formula is C22H43N3O5S. The predicted molar refractivity (Wildman–Crippen MR) is 124 cm³/mol. The van der Waals surface area contributed by atoms with Gasteiger partial charge in [0.25, 0.3) is 0 Å². The van der Waals surface area contributed by atoms with Crippen molar-refractivity contribution >= 4 is 17.7 Å². The lowest BCUT2D eigenvalue weighted by molar-refractivity contribution is -0.209. The summed E-state index contributed by atoms with van der Waals surface area (Å²) in [5.41, 5.74) is -0.671. The monoisotopic (exact) mass is 461 g/mol. The van der Waals surface area contributed by atoms with Crippen molar-refractivity contribution in [2.24, 2.45) is 5.92 Å². The lowest BCUT2D eigenvalue weighted by atomic mass is 9.90. The zero-order chi connectivity index (χ0) is 23.3. The molecule has 4 N–H and O–H groups in total. The number of carbonyl (C=O) groups is 1. The minimum atomic E-state index is -1.33. The summed E-state index contributed by atoms with van der Waals surface area (Å²) in [6.07, 6.45) is 0.192. The number of hydrogen-bond acceptors (Lipinski definition) is 8. The highest BCUT2D eigenvalue weighted by atomic mass is 32.2. The van der Waals surface area contributed by atoms with E-state index in [2.05, 4.69) is 35.9 Å². The van der Waals surface area contributed by atoms with E-state index >= 15 is 0 Å². The number of thioether (sulfide) groups is 1. The fraction of sp³-hybridized carbons (Fsp3) is 0.955. The maximum absolute atomic E-state index is 13.3. The van der Waals surface area contributed by atoms with E-state index in [1.165, 1.54) is 11.8 Å². The van der Waals surface area contributed by atoms with E-state index in [-0.39, 0.29) is 18.0 Å². The molecular weight excluding hydrogens is 418 g/mol. The molecule has 0 aliphatic carbocycles. The lowest BCUT2D eigenvalue weighted by Crippen LogP contribution is -2.67. The Balaban J connectivity index is 2.25. The third-order valence-electron chi connectivity index (χ3n) is 7.04. The Morgan fingerprint density at radius 2 is 1.84 bits per heavy atom. The van der Waals surface area contributed by atoms with Gasteiger partial charge >= 0.3 is 0 Å². The highest BCUT2D eigenvalue weighted by Gasteiger charge is 2.49. The molecule has 2 rings (SSSR count). The first-order valence-corrected chi connectivity index (χ1v) is 13.0. The SMILES string of the molecule is CCC[C@@H]1C[C@@H](C(=O)N[C@@H]([C@H]2O[C@H](SC)[C@H](O)[C@@H](O)[C@H]2O)[C@@H](C)N(CC)CC)N(C)C1. The van der Waals surface area contributed by atoms with E-state index in [1.807, 2.05) is 14.0 Å². The summed E-state index contributed by atoms with van der Waals surface area (Å²) in [7, 11) is 1.98. The molecule has 182 valence electrons. The topological polar surface area (TPSA) is 106 Å². The molecule has 2 saturated heterocycles. The molecule has 2 aliphatic heterocycles. The maximum Gasteiger partial charge on any atom is 0.237 e. The highest BCUT2D eigenvalue weighted by molar-refractivity contribution is 7.99. The van der Waals surface area contributed by atoms with Gasteiger partial charge in [-0.1, -0.05) is 27.2 Å². The van der Waals surface area contributed by atoms with Crippen LogP contribution in [-0.2, 0) is 9.53 Å². The molecule has 1 amide bonds. The third-order valence-corrected chi connectivity index (χ3v) is 7.90. The van der Waals surface area contributed by atoms with Gasteiger partial charge in [-0.05, 0) is 52.1 Å². The van der Waals surface area contributed by atoms with E-state index in [0.717, 1.165) is 38.9 Å². The Labute approximate surface area is 191 Å². The standard InChI is InChI=1S/C22H43N3O5S/c1-7-10-14-11-15(24(5)12-14)21(29)23-16(13(4)25(8-2)9-3)20-18(27)17(26)19(28)22(30-20)31-6/h13-20,22,26-28H,7-12H2,1-6H3,(H,23,29)/t13-,14-,15+,16-,17+,18-,19-,20-,22-/m1/s1. The molecule has 0 spiro atoms. The molecule has 0 bridgehead atoms. The third kappa shape index (κ3) is 6.13. The Morgan fingerprint density at radius 3 is 2.39 bits per heavy atom. The average Bonchev–Trinajstić information content (AvgIpc) is 3.12. The summed E-state index contributed by atoms with van der Waals surface area (Å²) in [4.78, 5) is 17.6. The van der Waals surface area contributed by atoms with Crippen molar-refractivity contribution in [1.82, 2.24) is 15.1 Å². The molecule has 9 atom stereocenters. The number of rotatable bonds is 10. The Hall–Kier alpha value is -0.420. The number of aliphatic hydroxyl groups is 3. The van der Waals surface area contributed by atoms with Gasteiger partial charge < -0.3 is 25.4 Å². The predicted octanol–water partition coefficient (Wildman–Crippen LogP) is 0.493. The molecule has 2 aliphatic rings. The van der Waals surface area contributed by atoms with Gasteiger partial charge in [0.05, 0.1) is 12.1 Å². The van der Waals surface area contributed by atoms with Crippen molar-refractivity contribution in [3.8, 4) is 0 Å². The molecule has 2 heterocycles. The van der Waals surface area contributed by atoms with E-state index in [1.54, 1.807) is 6.26 Å². The van der Waals surface area contributed by atoms with Gasteiger partial charge in [-0.2, -0.15) is 0 Å². The number of nitrogens with zero attached hydrogens (tertiary/aromatic N) is 2. The van der Waals surface area contributed by atoms with Crippen LogP contribution in [0.25, 0.3) is 0 Å². The van der Waals surface area contributed by atoms with Crippen LogP contribution in [0.2, 0.25) is 0 Å². The molecule has 0 aromatic heterocycles. The van der Waals surface area contributed by atoms with Crippen molar-refractivity contribution < 1.29 is 24.9 Å². The van der Waals surface area contributed by atoms with Crippen molar-refractivity contribution in [2.75, 3.05) is 32.9 Å². The summed E-state index contributed by atoms with van der Waals surface area (Å²) >= 11 is 1.28. The van der Waals surface area contributed by atoms with Gasteiger partial charge in [0.2, 0.25) is 5.91 Å². The van der Waals surface area contributed by atoms with Crippen molar-refractivity contribution in [3.05, 3.63) is 0 Å². The van der Waals surface area contributed by atoms with Crippen LogP contribution in [0.5, 0.6) is 0 Å². The fourth-order valence-corrected chi connectivity index (χ4v) is 5.84. The number of likely N-dealkylation sites (N-methyl/N-ethyl adjacent to an activating group) is 2. The largest absolute Gasteiger partial charge is 0.388 e. The number of nitrogens with one attached hydrogen (secondary N) is 1. The molecule has 9 heteroatoms. The fourth-order valence-electron chi connectivity index (χ4n) is 5.16. The van der Waals surface area contributed by atoms with Gasteiger partial charge in [0.1, 0.15) is 29.9 Å². The summed E-state index contributed by atoms with van der Waals surface area (Å²) in [5.74, 6) is 0.445. The number of ether oxygens (including phenoxy) is 1. The molecule has 0 unspecified atom stereocenters. The van der Waals surface area contributed by atoms with Crippen LogP contribution >= 0.6 is 11.8 Å². The quantitative estimate of drug-likeness (QED) is 0.373. The molecule has 0 radical (unpaired) electrons. The number of likely N-dealkylation sites (tertiary alicyclic amines) is 1. The van der Waals surface area contributed by atoms with Crippen molar-refractivity contribution in [3.63, 3.8) is 0 Å². The van der Waals surface area contributed by atoms with Crippen molar-refractivity contribution in [1.29, 1.82) is 0 Å². The molecule has 31 heavy (non-hydrogen) atoms. The second kappa shape index (κ2) is 12.2. The lowest BCUT2D eigenvalue weighted by Gasteiger charge is -2.46. The normalized spacial score (nSPS) is 36.5. The van der Waals surface area contributed by atoms with Crippen LogP contribution in [-0.4, -0.2) is 112 Å². The molecule has 0 aromatic rings. The zero-order valence-corrected chi connectivity index (χ0v) is 20.7. The summed E-state index contributed by atoms with van der Waals surface area (Å²) < 4.78 is 6.05. The Kier molecular flexibility index (Phi) is 10.5. The minimum absolute atomic E-state index is 0.0674. The van der Waals surface area contributed by atoms with Crippen LogP contribution < -0.4 is 5.32 Å². The minimum Gasteiger partial charge on any atom is -0.388 e. The second-order valence-corrected chi connectivity index (χ2v) is 9.95. The first-order valence-electron chi connectivity index (χ1n) is 11.7. The zero-order valence-electron chi connectivity index (χ0n) is 19.9. The molecule has 0 saturated carbocycles. The first-order chi connectivity index (χ1) is 14.7. The average molecular weight is 462 g/mol. The molecule has 2 fully saturated rings. The highest BCUT2D eigenvalue weighted by Crippen LogP contribution is 2.31.